The SMILES string of the molecule is Cc1ccc(SCC(C)(Cc2ccc(F)cc2)C(=O)Nc2cccc3cccnc23)cc1. The monoisotopic (exact) mass is 444 g/mol. The predicted molar refractivity (Wildman–Crippen MR) is 130 cm³/mol. The van der Waals surface area contributed by atoms with Gasteiger partial charge in [-0.15, -0.1) is 11.8 Å². The maximum Gasteiger partial charge on any atom is 0.231 e. The fourth-order valence-electron chi connectivity index (χ4n) is 3.61. The second kappa shape index (κ2) is 9.53. The van der Waals surface area contributed by atoms with Crippen LogP contribution < -0.4 is 5.32 Å². The Balaban J connectivity index is 1.61. The number of aryl methyl sites for hydroxylation is 1. The van der Waals surface area contributed by atoms with Crippen LogP contribution in [-0.2, 0) is 11.2 Å². The molecule has 1 aromatic heterocycles. The molecule has 3 nitrogen and oxygen atoms in total. The lowest BCUT2D eigenvalue weighted by molar-refractivity contribution is -0.123. The second-order valence-corrected chi connectivity index (χ2v) is 9.35. The number of hydrogen-bond acceptors (Lipinski definition) is 3. The average Bonchev–Trinajstić information content (AvgIpc) is 2.80. The molecule has 0 aliphatic carbocycles. The van der Waals surface area contributed by atoms with Crippen LogP contribution in [0.15, 0.2) is 90.0 Å². The van der Waals surface area contributed by atoms with Crippen molar-refractivity contribution >= 4 is 34.3 Å². The number of thioether (sulfide) groups is 1. The number of benzene rings is 3. The van der Waals surface area contributed by atoms with E-state index in [0.717, 1.165) is 21.4 Å². The Bertz CT molecular complexity index is 1220. The lowest BCUT2D eigenvalue weighted by Crippen LogP contribution is -2.38. The molecule has 0 aliphatic rings. The molecule has 1 unspecified atom stereocenters. The first-order chi connectivity index (χ1) is 15.4. The first kappa shape index (κ1) is 22.0. The van der Waals surface area contributed by atoms with Gasteiger partial charge in [-0.2, -0.15) is 0 Å². The maximum atomic E-state index is 13.6. The highest BCUT2D eigenvalue weighted by atomic mass is 32.2. The molecule has 1 atom stereocenters. The number of aromatic nitrogens is 1. The Morgan fingerprint density at radius 3 is 2.47 bits per heavy atom. The summed E-state index contributed by atoms with van der Waals surface area (Å²) in [7, 11) is 0. The molecule has 0 aliphatic heterocycles. The molecule has 0 saturated heterocycles. The first-order valence-corrected chi connectivity index (χ1v) is 11.5. The summed E-state index contributed by atoms with van der Waals surface area (Å²) in [6.45, 7) is 4.02. The van der Waals surface area contributed by atoms with Crippen LogP contribution in [0.25, 0.3) is 10.9 Å². The summed E-state index contributed by atoms with van der Waals surface area (Å²) in [4.78, 5) is 19.2. The summed E-state index contributed by atoms with van der Waals surface area (Å²) in [5, 5.41) is 4.09. The molecule has 1 amide bonds. The zero-order valence-corrected chi connectivity index (χ0v) is 19.0. The third-order valence-corrected chi connectivity index (χ3v) is 6.90. The van der Waals surface area contributed by atoms with Crippen molar-refractivity contribution in [2.45, 2.75) is 25.2 Å². The summed E-state index contributed by atoms with van der Waals surface area (Å²) < 4.78 is 13.4. The number of nitrogens with zero attached hydrogens (tertiary/aromatic N) is 1. The summed E-state index contributed by atoms with van der Waals surface area (Å²) in [6, 6.07) is 24.3. The van der Waals surface area contributed by atoms with Crippen LogP contribution in [-0.4, -0.2) is 16.6 Å². The predicted octanol–water partition coefficient (Wildman–Crippen LogP) is 6.66. The van der Waals surface area contributed by atoms with Crippen LogP contribution in [0, 0.1) is 18.2 Å². The van der Waals surface area contributed by atoms with Gasteiger partial charge in [-0.3, -0.25) is 9.78 Å². The van der Waals surface area contributed by atoms with Crippen LogP contribution >= 0.6 is 11.8 Å². The number of fused-ring (bicyclic) bond motifs is 1. The van der Waals surface area contributed by atoms with Crippen molar-refractivity contribution in [3.8, 4) is 0 Å². The number of para-hydroxylation sites is 1. The smallest absolute Gasteiger partial charge is 0.231 e. The van der Waals surface area contributed by atoms with E-state index in [1.807, 2.05) is 37.3 Å². The lowest BCUT2D eigenvalue weighted by Gasteiger charge is -2.28. The van der Waals surface area contributed by atoms with Crippen LogP contribution in [0.4, 0.5) is 10.1 Å². The summed E-state index contributed by atoms with van der Waals surface area (Å²) >= 11 is 1.65. The lowest BCUT2D eigenvalue weighted by atomic mass is 9.84. The normalized spacial score (nSPS) is 13.0. The molecule has 4 aromatic rings. The number of rotatable bonds is 7. The number of carbonyl (C=O) groups is 1. The number of amides is 1. The van der Waals surface area contributed by atoms with Crippen molar-refractivity contribution in [1.29, 1.82) is 0 Å². The Hall–Kier alpha value is -3.18. The maximum absolute atomic E-state index is 13.6. The molecule has 0 fully saturated rings. The molecule has 162 valence electrons. The standard InChI is InChI=1S/C27H25FN2OS/c1-19-8-14-23(15-9-19)32-18-27(2,17-20-10-12-22(28)13-11-20)26(31)30-24-7-3-5-21-6-4-16-29-25(21)24/h3-16H,17-18H2,1-2H3,(H,30,31). The molecular formula is C27H25FN2OS. The van der Waals surface area contributed by atoms with Crippen LogP contribution in [0.1, 0.15) is 18.1 Å². The second-order valence-electron chi connectivity index (χ2n) is 8.30. The average molecular weight is 445 g/mol. The number of pyridine rings is 1. The van der Waals surface area contributed by atoms with Crippen molar-refractivity contribution in [2.75, 3.05) is 11.1 Å². The molecule has 0 radical (unpaired) electrons. The highest BCUT2D eigenvalue weighted by Gasteiger charge is 2.34. The molecule has 4 rings (SSSR count). The van der Waals surface area contributed by atoms with Gasteiger partial charge in [0.1, 0.15) is 5.82 Å². The molecule has 32 heavy (non-hydrogen) atoms. The molecule has 3 aromatic carbocycles. The zero-order valence-electron chi connectivity index (χ0n) is 18.1. The first-order valence-electron chi connectivity index (χ1n) is 10.5. The van der Waals surface area contributed by atoms with Gasteiger partial charge < -0.3 is 5.32 Å². The molecule has 5 heteroatoms. The number of halogens is 1. The summed E-state index contributed by atoms with van der Waals surface area (Å²) in [5.74, 6) is 0.215. The third kappa shape index (κ3) is 5.17. The number of carbonyl (C=O) groups excluding carboxylic acids is 1. The topological polar surface area (TPSA) is 42.0 Å². The highest BCUT2D eigenvalue weighted by Crippen LogP contribution is 2.33. The van der Waals surface area contributed by atoms with Crippen molar-refractivity contribution in [3.63, 3.8) is 0 Å². The number of hydrogen-bond donors (Lipinski definition) is 1. The van der Waals surface area contributed by atoms with E-state index in [4.69, 9.17) is 0 Å². The largest absolute Gasteiger partial charge is 0.324 e. The molecule has 0 saturated carbocycles. The van der Waals surface area contributed by atoms with Crippen LogP contribution in [0.2, 0.25) is 0 Å². The summed E-state index contributed by atoms with van der Waals surface area (Å²) in [6.07, 6.45) is 2.22. The third-order valence-electron chi connectivity index (χ3n) is 5.52. The van der Waals surface area contributed by atoms with Crippen molar-refractivity contribution < 1.29 is 9.18 Å². The van der Waals surface area contributed by atoms with E-state index in [9.17, 15) is 9.18 Å². The van der Waals surface area contributed by atoms with E-state index in [1.54, 1.807) is 30.1 Å². The van der Waals surface area contributed by atoms with E-state index in [0.29, 0.717) is 17.9 Å². The molecular weight excluding hydrogens is 419 g/mol. The van der Waals surface area contributed by atoms with E-state index >= 15 is 0 Å². The van der Waals surface area contributed by atoms with Gasteiger partial charge in [0.2, 0.25) is 5.91 Å². The fraction of sp³-hybridized carbons (Fsp3) is 0.185. The van der Waals surface area contributed by atoms with E-state index < -0.39 is 5.41 Å². The van der Waals surface area contributed by atoms with Gasteiger partial charge in [0, 0.05) is 22.2 Å². The summed E-state index contributed by atoms with van der Waals surface area (Å²) in [5.41, 5.74) is 2.86. The zero-order chi connectivity index (χ0) is 22.6. The Labute approximate surface area is 192 Å². The van der Waals surface area contributed by atoms with Crippen molar-refractivity contribution in [3.05, 3.63) is 102 Å². The van der Waals surface area contributed by atoms with Gasteiger partial charge in [0.05, 0.1) is 16.6 Å². The Morgan fingerprint density at radius 1 is 1.00 bits per heavy atom. The van der Waals surface area contributed by atoms with E-state index in [-0.39, 0.29) is 11.7 Å². The minimum Gasteiger partial charge on any atom is -0.324 e. The molecule has 1 N–H and O–H groups in total. The Morgan fingerprint density at radius 2 is 1.72 bits per heavy atom. The van der Waals surface area contributed by atoms with E-state index in [1.165, 1.54) is 17.7 Å². The van der Waals surface area contributed by atoms with Crippen molar-refractivity contribution in [1.82, 2.24) is 4.98 Å². The Kier molecular flexibility index (Phi) is 6.56. The highest BCUT2D eigenvalue weighted by molar-refractivity contribution is 7.99. The van der Waals surface area contributed by atoms with Crippen LogP contribution in [0.3, 0.4) is 0 Å². The van der Waals surface area contributed by atoms with Gasteiger partial charge in [-0.25, -0.2) is 4.39 Å². The number of anilines is 1. The molecule has 1 heterocycles. The van der Waals surface area contributed by atoms with E-state index in [2.05, 4.69) is 41.5 Å². The van der Waals surface area contributed by atoms with Gasteiger partial charge in [0.15, 0.2) is 0 Å². The van der Waals surface area contributed by atoms with Gasteiger partial charge in [-0.05, 0) is 62.2 Å². The fourth-order valence-corrected chi connectivity index (χ4v) is 4.65. The van der Waals surface area contributed by atoms with Gasteiger partial charge >= 0.3 is 0 Å². The quantitative estimate of drug-likeness (QED) is 0.324. The minimum absolute atomic E-state index is 0.0837. The molecule has 0 spiro atoms. The molecule has 0 bridgehead atoms. The van der Waals surface area contributed by atoms with Crippen LogP contribution in [0.5, 0.6) is 0 Å². The minimum atomic E-state index is -0.718. The van der Waals surface area contributed by atoms with Crippen molar-refractivity contribution in [2.24, 2.45) is 5.41 Å². The van der Waals surface area contributed by atoms with Gasteiger partial charge in [0.25, 0.3) is 0 Å². The number of nitrogens with one attached hydrogen (secondary N) is 1. The van der Waals surface area contributed by atoms with Gasteiger partial charge in [-0.1, -0.05) is 48.0 Å².